The molecule has 0 fully saturated rings. The molecule has 57 heavy (non-hydrogen) atoms. The van der Waals surface area contributed by atoms with Gasteiger partial charge >= 0.3 is 0 Å². The first-order valence-corrected chi connectivity index (χ1v) is 20.2. The van der Waals surface area contributed by atoms with Crippen LogP contribution in [0.3, 0.4) is 0 Å². The first-order chi connectivity index (χ1) is 28.2. The Hall–Kier alpha value is -7.20. The summed E-state index contributed by atoms with van der Waals surface area (Å²) in [7, 11) is 0. The Bertz CT molecular complexity index is 3750. The molecule has 0 bridgehead atoms. The Kier molecular flexibility index (Phi) is 6.35. The number of benzene rings is 10. The zero-order chi connectivity index (χ0) is 37.2. The van der Waals surface area contributed by atoms with Crippen LogP contribution in [0.25, 0.3) is 130 Å². The Morgan fingerprint density at radius 3 is 1.65 bits per heavy atom. The number of hydrogen-bond acceptors (Lipinski definition) is 3. The van der Waals surface area contributed by atoms with E-state index in [1.807, 2.05) is 29.5 Å². The average molecular weight is 743 g/mol. The third-order valence-electron chi connectivity index (χ3n) is 12.1. The molecule has 0 radical (unpaired) electrons. The van der Waals surface area contributed by atoms with Gasteiger partial charge in [-0.2, -0.15) is 0 Å². The zero-order valence-electron chi connectivity index (χ0n) is 30.5. The number of hydrogen-bond donors (Lipinski definition) is 0. The number of rotatable bonds is 3. The van der Waals surface area contributed by atoms with Crippen LogP contribution in [0.5, 0.6) is 0 Å². The Morgan fingerprint density at radius 1 is 0.316 bits per heavy atom. The molecule has 13 rings (SSSR count). The lowest BCUT2D eigenvalue weighted by atomic mass is 9.84. The molecule has 0 unspecified atom stereocenters. The molecule has 3 aromatic heterocycles. The highest BCUT2D eigenvalue weighted by atomic mass is 32.1. The highest BCUT2D eigenvalue weighted by Crippen LogP contribution is 2.48. The smallest absolute Gasteiger partial charge is 0.136 e. The van der Waals surface area contributed by atoms with Crippen molar-refractivity contribution in [3.8, 4) is 33.4 Å². The zero-order valence-corrected chi connectivity index (χ0v) is 31.4. The van der Waals surface area contributed by atoms with E-state index < -0.39 is 0 Å². The first kappa shape index (κ1) is 31.1. The quantitative estimate of drug-likeness (QED) is 0.169. The second-order valence-corrected chi connectivity index (χ2v) is 16.2. The molecule has 0 spiro atoms. The van der Waals surface area contributed by atoms with Crippen molar-refractivity contribution in [2.24, 2.45) is 0 Å². The van der Waals surface area contributed by atoms with Crippen LogP contribution >= 0.6 is 11.3 Å². The maximum absolute atomic E-state index is 6.35. The summed E-state index contributed by atoms with van der Waals surface area (Å²) in [5, 5.41) is 14.7. The van der Waals surface area contributed by atoms with E-state index in [1.165, 1.54) is 96.6 Å². The Labute approximate surface area is 330 Å². The lowest BCUT2D eigenvalue weighted by Crippen LogP contribution is -1.91. The van der Waals surface area contributed by atoms with E-state index in [0.29, 0.717) is 0 Å². The normalized spacial score (nSPS) is 12.2. The van der Waals surface area contributed by atoms with Gasteiger partial charge in [0.05, 0.1) is 0 Å². The molecule has 0 saturated heterocycles. The van der Waals surface area contributed by atoms with Crippen LogP contribution in [0.15, 0.2) is 191 Å². The summed E-state index contributed by atoms with van der Waals surface area (Å²) in [4.78, 5) is 0. The maximum Gasteiger partial charge on any atom is 0.136 e. The molecular weight excluding hydrogens is 713 g/mol. The molecule has 0 N–H and O–H groups in total. The van der Waals surface area contributed by atoms with Crippen molar-refractivity contribution in [3.05, 3.63) is 182 Å². The lowest BCUT2D eigenvalue weighted by molar-refractivity contribution is 0.669. The summed E-state index contributed by atoms with van der Waals surface area (Å²) in [6.45, 7) is 0. The van der Waals surface area contributed by atoms with Gasteiger partial charge in [-0.15, -0.1) is 11.3 Å². The maximum atomic E-state index is 6.35. The fraction of sp³-hybridized carbons (Fsp3) is 0. The fourth-order valence-corrected chi connectivity index (χ4v) is 10.8. The van der Waals surface area contributed by atoms with Crippen LogP contribution in [-0.2, 0) is 0 Å². The Balaban J connectivity index is 0.935. The van der Waals surface area contributed by atoms with Crippen molar-refractivity contribution in [2.45, 2.75) is 0 Å². The van der Waals surface area contributed by atoms with E-state index in [4.69, 9.17) is 8.83 Å². The van der Waals surface area contributed by atoms with Gasteiger partial charge in [0, 0.05) is 41.7 Å². The third-order valence-corrected chi connectivity index (χ3v) is 13.3. The fourth-order valence-electron chi connectivity index (χ4n) is 9.50. The highest BCUT2D eigenvalue weighted by molar-refractivity contribution is 7.26. The van der Waals surface area contributed by atoms with Gasteiger partial charge in [0.2, 0.25) is 0 Å². The van der Waals surface area contributed by atoms with Gasteiger partial charge < -0.3 is 8.83 Å². The highest BCUT2D eigenvalue weighted by Gasteiger charge is 2.20. The molecule has 3 heterocycles. The molecule has 0 aliphatic heterocycles. The summed E-state index contributed by atoms with van der Waals surface area (Å²) in [5.74, 6) is 0. The number of para-hydroxylation sites is 2. The number of thiophene rings is 1. The minimum absolute atomic E-state index is 0.910. The summed E-state index contributed by atoms with van der Waals surface area (Å²) >= 11 is 1.85. The molecule has 264 valence electrons. The summed E-state index contributed by atoms with van der Waals surface area (Å²) < 4.78 is 15.2. The summed E-state index contributed by atoms with van der Waals surface area (Å²) in [5.41, 5.74) is 11.0. The second kappa shape index (κ2) is 11.7. The van der Waals surface area contributed by atoms with Crippen molar-refractivity contribution >= 4 is 108 Å². The van der Waals surface area contributed by atoms with E-state index >= 15 is 0 Å². The van der Waals surface area contributed by atoms with Crippen molar-refractivity contribution in [3.63, 3.8) is 0 Å². The number of fused-ring (bicyclic) bond motifs is 13. The molecule has 3 heteroatoms. The van der Waals surface area contributed by atoms with Crippen molar-refractivity contribution in [1.29, 1.82) is 0 Å². The van der Waals surface area contributed by atoms with Gasteiger partial charge in [0.1, 0.15) is 22.3 Å². The standard InChI is InChI=1S/C54H30O2S/c1-3-13-39-37(11-1)51(38-12-2-4-14-40(38)52(39)43-16-9-19-48-53(43)42-15-6-8-18-47(42)55-48)32-22-20-31(21-23-32)33-24-26-35-34(28-33)25-27-41-45-29-44-36-10-5-7-17-46(36)56-49(44)30-50(45)57-54(35)41/h1-30H. The van der Waals surface area contributed by atoms with Gasteiger partial charge in [0.25, 0.3) is 0 Å². The van der Waals surface area contributed by atoms with Gasteiger partial charge in [-0.25, -0.2) is 0 Å². The molecule has 13 aromatic rings. The van der Waals surface area contributed by atoms with E-state index in [0.717, 1.165) is 33.1 Å². The monoisotopic (exact) mass is 742 g/mol. The van der Waals surface area contributed by atoms with Crippen LogP contribution in [0.4, 0.5) is 0 Å². The average Bonchev–Trinajstić information content (AvgIpc) is 3.95. The van der Waals surface area contributed by atoms with Crippen LogP contribution in [0.1, 0.15) is 0 Å². The first-order valence-electron chi connectivity index (χ1n) is 19.4. The van der Waals surface area contributed by atoms with Crippen molar-refractivity contribution in [2.75, 3.05) is 0 Å². The van der Waals surface area contributed by atoms with Gasteiger partial charge in [0.15, 0.2) is 0 Å². The SMILES string of the molecule is c1ccc2c(c1)oc1cc3sc4c5ccc(-c6ccc(-c7c8ccccc8c(-c8cccc9oc%10ccccc%10c89)c8ccccc78)cc6)cc5ccc4c3cc12. The predicted molar refractivity (Wildman–Crippen MR) is 243 cm³/mol. The lowest BCUT2D eigenvalue weighted by Gasteiger charge is -2.18. The van der Waals surface area contributed by atoms with Crippen molar-refractivity contribution in [1.82, 2.24) is 0 Å². The van der Waals surface area contributed by atoms with Crippen LogP contribution in [-0.4, -0.2) is 0 Å². The molecule has 0 amide bonds. The minimum atomic E-state index is 0.910. The van der Waals surface area contributed by atoms with Crippen LogP contribution in [0.2, 0.25) is 0 Å². The third kappa shape index (κ3) is 4.46. The minimum Gasteiger partial charge on any atom is -0.456 e. The molecule has 0 atom stereocenters. The van der Waals surface area contributed by atoms with E-state index in [9.17, 15) is 0 Å². The molecule has 10 aromatic carbocycles. The topological polar surface area (TPSA) is 26.3 Å². The number of furan rings is 2. The molecular formula is C54H30O2S. The van der Waals surface area contributed by atoms with E-state index in [-0.39, 0.29) is 0 Å². The largest absolute Gasteiger partial charge is 0.456 e. The molecule has 0 aliphatic carbocycles. The molecule has 0 aliphatic rings. The van der Waals surface area contributed by atoms with Crippen LogP contribution < -0.4 is 0 Å². The van der Waals surface area contributed by atoms with E-state index in [1.54, 1.807) is 0 Å². The second-order valence-electron chi connectivity index (χ2n) is 15.1. The van der Waals surface area contributed by atoms with Crippen molar-refractivity contribution < 1.29 is 8.83 Å². The molecule has 0 saturated carbocycles. The van der Waals surface area contributed by atoms with Crippen LogP contribution in [0, 0.1) is 0 Å². The van der Waals surface area contributed by atoms with Gasteiger partial charge in [-0.1, -0.05) is 146 Å². The Morgan fingerprint density at radius 2 is 0.895 bits per heavy atom. The summed E-state index contributed by atoms with van der Waals surface area (Å²) in [6, 6.07) is 66.1. The molecule has 2 nitrogen and oxygen atoms in total. The van der Waals surface area contributed by atoms with E-state index in [2.05, 4.69) is 164 Å². The van der Waals surface area contributed by atoms with Gasteiger partial charge in [-0.3, -0.25) is 0 Å². The van der Waals surface area contributed by atoms with Gasteiger partial charge in [-0.05, 0) is 102 Å². The predicted octanol–water partition coefficient (Wildman–Crippen LogP) is 16.3. The summed E-state index contributed by atoms with van der Waals surface area (Å²) in [6.07, 6.45) is 0.